The zero-order valence-corrected chi connectivity index (χ0v) is 18.9. The molecule has 0 spiro atoms. The summed E-state index contributed by atoms with van der Waals surface area (Å²) >= 11 is 0. The van der Waals surface area contributed by atoms with E-state index in [1.165, 1.54) is 8.61 Å². The van der Waals surface area contributed by atoms with Crippen LogP contribution in [0.15, 0.2) is 28.7 Å². The topological polar surface area (TPSA) is 92.5 Å². The second-order valence-electron chi connectivity index (χ2n) is 8.11. The van der Waals surface area contributed by atoms with Crippen LogP contribution in [0.2, 0.25) is 0 Å². The van der Waals surface area contributed by atoms with Crippen LogP contribution in [0.3, 0.4) is 0 Å². The van der Waals surface area contributed by atoms with Gasteiger partial charge in [-0.25, -0.2) is 0 Å². The quantitative estimate of drug-likeness (QED) is 0.687. The van der Waals surface area contributed by atoms with E-state index in [1.54, 1.807) is 12.0 Å². The number of nitrogens with zero attached hydrogens (tertiary/aromatic N) is 3. The Balaban J connectivity index is 1.47. The third-order valence-corrected chi connectivity index (χ3v) is 7.71. The average Bonchev–Trinajstić information content (AvgIpc) is 3.11. The minimum Gasteiger partial charge on any atom is -0.451 e. The molecule has 1 amide bonds. The van der Waals surface area contributed by atoms with Gasteiger partial charge in [0, 0.05) is 57.3 Å². The normalized spacial score (nSPS) is 24.0. The second kappa shape index (κ2) is 8.87. The van der Waals surface area contributed by atoms with Crippen LogP contribution in [0.1, 0.15) is 30.0 Å². The number of ether oxygens (including phenoxy) is 2. The maximum atomic E-state index is 13.2. The molecule has 170 valence electrons. The molecule has 9 nitrogen and oxygen atoms in total. The van der Waals surface area contributed by atoms with Crippen molar-refractivity contribution < 1.29 is 27.1 Å². The van der Waals surface area contributed by atoms with Crippen molar-refractivity contribution in [3.8, 4) is 0 Å². The maximum Gasteiger partial charge on any atom is 0.290 e. The standard InChI is InChI=1S/C21H29N3O6S/c1-15-12-24(13-16(2)29-15)31(26,27)23-10-8-22(9-11-23)21(25)20-18(14-28-3)17-6-4-5-7-19(17)30-20/h4-7,15-16H,8-14H2,1-3H3. The molecule has 2 fully saturated rings. The molecule has 31 heavy (non-hydrogen) atoms. The van der Waals surface area contributed by atoms with Crippen LogP contribution in [-0.4, -0.2) is 86.4 Å². The van der Waals surface area contributed by atoms with Gasteiger partial charge in [0.15, 0.2) is 5.76 Å². The van der Waals surface area contributed by atoms with Gasteiger partial charge in [-0.05, 0) is 19.9 Å². The third-order valence-electron chi connectivity index (χ3n) is 5.75. The highest BCUT2D eigenvalue weighted by Gasteiger charge is 2.38. The average molecular weight is 452 g/mol. The Morgan fingerprint density at radius 3 is 2.35 bits per heavy atom. The fourth-order valence-corrected chi connectivity index (χ4v) is 6.06. The highest BCUT2D eigenvalue weighted by atomic mass is 32.2. The lowest BCUT2D eigenvalue weighted by Gasteiger charge is -2.40. The number of morpholine rings is 1. The largest absolute Gasteiger partial charge is 0.451 e. The molecule has 2 atom stereocenters. The Kier molecular flexibility index (Phi) is 6.36. The van der Waals surface area contributed by atoms with Crippen LogP contribution < -0.4 is 0 Å². The predicted molar refractivity (Wildman–Crippen MR) is 115 cm³/mol. The number of rotatable bonds is 5. The van der Waals surface area contributed by atoms with Crippen LogP contribution in [0.5, 0.6) is 0 Å². The Labute approximate surface area is 182 Å². The van der Waals surface area contributed by atoms with Crippen molar-refractivity contribution in [3.05, 3.63) is 35.6 Å². The molecule has 2 saturated heterocycles. The monoisotopic (exact) mass is 451 g/mol. The molecule has 1 aromatic carbocycles. The molecule has 2 aliphatic heterocycles. The van der Waals surface area contributed by atoms with Gasteiger partial charge >= 0.3 is 0 Å². The number of para-hydroxylation sites is 1. The minimum absolute atomic E-state index is 0.145. The molecule has 0 saturated carbocycles. The number of amides is 1. The molecular formula is C21H29N3O6S. The minimum atomic E-state index is -3.60. The number of benzene rings is 1. The first-order valence-electron chi connectivity index (χ1n) is 10.5. The van der Waals surface area contributed by atoms with Crippen LogP contribution in [0.4, 0.5) is 0 Å². The molecule has 1 aromatic heterocycles. The number of methoxy groups -OCH3 is 1. The molecule has 0 aliphatic carbocycles. The summed E-state index contributed by atoms with van der Waals surface area (Å²) < 4.78 is 45.9. The van der Waals surface area contributed by atoms with Crippen molar-refractivity contribution in [3.63, 3.8) is 0 Å². The summed E-state index contributed by atoms with van der Waals surface area (Å²) in [6, 6.07) is 7.47. The zero-order chi connectivity index (χ0) is 22.2. The molecule has 3 heterocycles. The van der Waals surface area contributed by atoms with Crippen molar-refractivity contribution in [2.45, 2.75) is 32.7 Å². The smallest absolute Gasteiger partial charge is 0.290 e. The SMILES string of the molecule is COCc1c(C(=O)N2CCN(S(=O)(=O)N3CC(C)OC(C)C3)CC2)oc2ccccc12. The number of hydrogen-bond donors (Lipinski definition) is 0. The van der Waals surface area contributed by atoms with Crippen molar-refractivity contribution in [2.75, 3.05) is 46.4 Å². The molecule has 2 unspecified atom stereocenters. The molecular weight excluding hydrogens is 422 g/mol. The van der Waals surface area contributed by atoms with Crippen molar-refractivity contribution >= 4 is 27.1 Å². The van der Waals surface area contributed by atoms with E-state index in [1.807, 2.05) is 38.1 Å². The van der Waals surface area contributed by atoms with E-state index >= 15 is 0 Å². The number of carbonyl (C=O) groups is 1. The predicted octanol–water partition coefficient (Wildman–Crippen LogP) is 1.69. The van der Waals surface area contributed by atoms with E-state index in [4.69, 9.17) is 13.9 Å². The summed E-state index contributed by atoms with van der Waals surface area (Å²) in [4.78, 5) is 14.8. The van der Waals surface area contributed by atoms with Crippen molar-refractivity contribution in [1.29, 1.82) is 0 Å². The first kappa shape index (κ1) is 22.2. The first-order chi connectivity index (χ1) is 14.8. The molecule has 2 aromatic rings. The number of furan rings is 1. The summed E-state index contributed by atoms with van der Waals surface area (Å²) in [5.41, 5.74) is 1.35. The molecule has 0 bridgehead atoms. The van der Waals surface area contributed by atoms with Gasteiger partial charge in [0.25, 0.3) is 16.1 Å². The van der Waals surface area contributed by atoms with Crippen LogP contribution in [0, 0.1) is 0 Å². The van der Waals surface area contributed by atoms with E-state index in [-0.39, 0.29) is 43.6 Å². The maximum absolute atomic E-state index is 13.2. The van der Waals surface area contributed by atoms with Crippen molar-refractivity contribution in [2.24, 2.45) is 0 Å². The molecule has 4 rings (SSSR count). The second-order valence-corrected chi connectivity index (χ2v) is 10.0. The van der Waals surface area contributed by atoms with Gasteiger partial charge in [-0.15, -0.1) is 0 Å². The number of hydrogen-bond acceptors (Lipinski definition) is 6. The summed E-state index contributed by atoms with van der Waals surface area (Å²) in [7, 11) is -2.02. The summed E-state index contributed by atoms with van der Waals surface area (Å²) in [5.74, 6) is 0.0177. The van der Waals surface area contributed by atoms with Gasteiger partial charge in [0.1, 0.15) is 5.58 Å². The lowest BCUT2D eigenvalue weighted by molar-refractivity contribution is -0.0457. The zero-order valence-electron chi connectivity index (χ0n) is 18.1. The number of piperazine rings is 1. The van der Waals surface area contributed by atoms with Gasteiger partial charge in [0.2, 0.25) is 0 Å². The van der Waals surface area contributed by atoms with E-state index in [9.17, 15) is 13.2 Å². The van der Waals surface area contributed by atoms with Crippen LogP contribution in [-0.2, 0) is 26.3 Å². The van der Waals surface area contributed by atoms with Gasteiger partial charge in [-0.1, -0.05) is 18.2 Å². The Morgan fingerprint density at radius 1 is 1.06 bits per heavy atom. The van der Waals surface area contributed by atoms with Gasteiger partial charge in [0.05, 0.1) is 18.8 Å². The van der Waals surface area contributed by atoms with E-state index in [0.717, 1.165) is 10.9 Å². The van der Waals surface area contributed by atoms with Gasteiger partial charge in [-0.2, -0.15) is 17.0 Å². The third kappa shape index (κ3) is 4.35. The number of fused-ring (bicyclic) bond motifs is 1. The van der Waals surface area contributed by atoms with Crippen LogP contribution in [0.25, 0.3) is 11.0 Å². The molecule has 0 N–H and O–H groups in total. The van der Waals surface area contributed by atoms with Crippen LogP contribution >= 0.6 is 0 Å². The highest BCUT2D eigenvalue weighted by Crippen LogP contribution is 2.28. The van der Waals surface area contributed by atoms with Crippen molar-refractivity contribution in [1.82, 2.24) is 13.5 Å². The fraction of sp³-hybridized carbons (Fsp3) is 0.571. The van der Waals surface area contributed by atoms with Gasteiger partial charge in [-0.3, -0.25) is 4.79 Å². The van der Waals surface area contributed by atoms with E-state index in [2.05, 4.69) is 0 Å². The summed E-state index contributed by atoms with van der Waals surface area (Å²) in [5, 5.41) is 0.851. The van der Waals surface area contributed by atoms with Gasteiger partial charge < -0.3 is 18.8 Å². The molecule has 0 radical (unpaired) electrons. The molecule has 2 aliphatic rings. The fourth-order valence-electron chi connectivity index (χ4n) is 4.31. The van der Waals surface area contributed by atoms with E-state index < -0.39 is 10.2 Å². The first-order valence-corrected chi connectivity index (χ1v) is 11.9. The lowest BCUT2D eigenvalue weighted by atomic mass is 10.1. The Hall–Kier alpha value is -1.98. The summed E-state index contributed by atoms with van der Waals surface area (Å²) in [6.45, 7) is 5.78. The lowest BCUT2D eigenvalue weighted by Crippen LogP contribution is -2.57. The Morgan fingerprint density at radius 2 is 1.71 bits per heavy atom. The van der Waals surface area contributed by atoms with E-state index in [0.29, 0.717) is 31.8 Å². The summed E-state index contributed by atoms with van der Waals surface area (Å²) in [6.07, 6.45) is -0.289. The highest BCUT2D eigenvalue weighted by molar-refractivity contribution is 7.86. The molecule has 10 heteroatoms. The number of carbonyl (C=O) groups excluding carboxylic acids is 1. The Bertz CT molecular complexity index is 1030.